The third kappa shape index (κ3) is 5.51. The number of phenols is 4. The van der Waals surface area contributed by atoms with Crippen LogP contribution in [0.2, 0.25) is 0 Å². The summed E-state index contributed by atoms with van der Waals surface area (Å²) in [4.78, 5) is 20.4. The minimum absolute atomic E-state index is 0. The number of carboxylic acids is 2. The molecule has 0 saturated carbocycles. The van der Waals surface area contributed by atoms with E-state index < -0.39 is 46.1 Å². The number of hydrogen-bond donors (Lipinski definition) is 4. The second-order valence-corrected chi connectivity index (χ2v) is 3.92. The average Bonchev–Trinajstić information content (AvgIpc) is 2.38. The Morgan fingerprint density at radius 3 is 1.00 bits per heavy atom. The van der Waals surface area contributed by atoms with Crippen LogP contribution in [0, 0.1) is 0 Å². The summed E-state index contributed by atoms with van der Waals surface area (Å²) in [6, 6.07) is 7.29. The molecule has 0 saturated heterocycles. The first-order chi connectivity index (χ1) is 10.3. The van der Waals surface area contributed by atoms with E-state index >= 15 is 0 Å². The molecule has 0 radical (unpaired) electrons. The van der Waals surface area contributed by atoms with E-state index in [1.165, 1.54) is 12.1 Å². The van der Waals surface area contributed by atoms with Crippen LogP contribution >= 0.6 is 0 Å². The molecule has 116 valence electrons. The summed E-state index contributed by atoms with van der Waals surface area (Å²) in [6.45, 7) is 0. The molecule has 0 fully saturated rings. The van der Waals surface area contributed by atoms with E-state index in [0.29, 0.717) is 0 Å². The average molecular weight is 346 g/mol. The Hall–Kier alpha value is -2.16. The molecule has 23 heavy (non-hydrogen) atoms. The maximum Gasteiger partial charge on any atom is 2.00 e. The molecule has 2 aromatic carbocycles. The van der Waals surface area contributed by atoms with Gasteiger partial charge in [-0.15, -0.1) is 0 Å². The number of carbonyl (C=O) groups excluding carboxylic acids is 2. The molecule has 0 aliphatic rings. The molecule has 4 N–H and O–H groups in total. The number of carboxylic acid groups (broad SMARTS) is 2. The van der Waals surface area contributed by atoms with E-state index in [1.54, 1.807) is 0 Å². The summed E-state index contributed by atoms with van der Waals surface area (Å²) in [5, 5.41) is 55.9. The number of aromatic carboxylic acids is 2. The van der Waals surface area contributed by atoms with Crippen LogP contribution in [-0.4, -0.2) is 70.1 Å². The van der Waals surface area contributed by atoms with E-state index in [2.05, 4.69) is 0 Å². The van der Waals surface area contributed by atoms with Crippen LogP contribution in [-0.2, 0) is 0 Å². The molecule has 2 rings (SSSR count). The standard InChI is InChI=1S/2C7H6O4.Ca/c2*8-4-2-1-3-5(9)6(4)7(10)11;/h2*1-3,8-9H,(H,10,11);/q;;+2/p-2. The molecular weight excluding hydrogens is 336 g/mol. The van der Waals surface area contributed by atoms with E-state index in [1.807, 2.05) is 0 Å². The second kappa shape index (κ2) is 9.09. The van der Waals surface area contributed by atoms with Crippen LogP contribution in [0.3, 0.4) is 0 Å². The Bertz CT molecular complexity index is 612. The fraction of sp³-hybridized carbons (Fsp3) is 0. The molecule has 0 aliphatic heterocycles. The number of aromatic hydroxyl groups is 4. The summed E-state index contributed by atoms with van der Waals surface area (Å²) in [6.07, 6.45) is 0. The third-order valence-electron chi connectivity index (χ3n) is 2.45. The van der Waals surface area contributed by atoms with Gasteiger partial charge in [0.2, 0.25) is 0 Å². The maximum atomic E-state index is 10.2. The largest absolute Gasteiger partial charge is 2.00 e. The maximum absolute atomic E-state index is 10.2. The number of rotatable bonds is 2. The summed E-state index contributed by atoms with van der Waals surface area (Å²) >= 11 is 0. The van der Waals surface area contributed by atoms with Crippen molar-refractivity contribution < 1.29 is 40.2 Å². The molecule has 0 atom stereocenters. The molecule has 0 unspecified atom stereocenters. The molecule has 9 heteroatoms. The first-order valence-electron chi connectivity index (χ1n) is 5.70. The Labute approximate surface area is 159 Å². The van der Waals surface area contributed by atoms with Gasteiger partial charge in [-0.2, -0.15) is 0 Å². The monoisotopic (exact) mass is 346 g/mol. The van der Waals surface area contributed by atoms with Crippen molar-refractivity contribution in [1.29, 1.82) is 0 Å². The zero-order valence-electron chi connectivity index (χ0n) is 11.6. The quantitative estimate of drug-likeness (QED) is 0.480. The van der Waals surface area contributed by atoms with Crippen molar-refractivity contribution in [3.8, 4) is 23.0 Å². The van der Waals surface area contributed by atoms with E-state index in [4.69, 9.17) is 20.4 Å². The van der Waals surface area contributed by atoms with Crippen LogP contribution in [0.1, 0.15) is 20.7 Å². The normalized spacial score (nSPS) is 9.04. The minimum Gasteiger partial charge on any atom is -0.545 e. The van der Waals surface area contributed by atoms with Crippen molar-refractivity contribution in [1.82, 2.24) is 0 Å². The Kier molecular flexibility index (Phi) is 8.23. The summed E-state index contributed by atoms with van der Waals surface area (Å²) in [5.41, 5.74) is -1.15. The fourth-order valence-corrected chi connectivity index (χ4v) is 1.47. The third-order valence-corrected chi connectivity index (χ3v) is 2.45. The van der Waals surface area contributed by atoms with Gasteiger partial charge < -0.3 is 40.2 Å². The van der Waals surface area contributed by atoms with Crippen LogP contribution in [0.15, 0.2) is 36.4 Å². The molecule has 0 amide bonds. The molecule has 0 aliphatic carbocycles. The van der Waals surface area contributed by atoms with Gasteiger partial charge in [-0.25, -0.2) is 0 Å². The molecule has 0 bridgehead atoms. The van der Waals surface area contributed by atoms with Gasteiger partial charge in [-0.05, 0) is 24.3 Å². The van der Waals surface area contributed by atoms with Gasteiger partial charge in [-0.1, -0.05) is 12.1 Å². The molecule has 8 nitrogen and oxygen atoms in total. The van der Waals surface area contributed by atoms with Crippen LogP contribution in [0.5, 0.6) is 23.0 Å². The van der Waals surface area contributed by atoms with Gasteiger partial charge >= 0.3 is 37.7 Å². The van der Waals surface area contributed by atoms with Gasteiger partial charge in [0.15, 0.2) is 0 Å². The summed E-state index contributed by atoms with van der Waals surface area (Å²) in [7, 11) is 0. The first-order valence-corrected chi connectivity index (χ1v) is 5.70. The van der Waals surface area contributed by atoms with Crippen molar-refractivity contribution >= 4 is 49.7 Å². The van der Waals surface area contributed by atoms with Crippen LogP contribution < -0.4 is 10.2 Å². The predicted octanol–water partition coefficient (Wildman–Crippen LogP) is -1.46. The smallest absolute Gasteiger partial charge is 0.545 e. The molecular formula is C14H10CaO8. The minimum atomic E-state index is -1.60. The molecule has 0 aromatic heterocycles. The number of benzene rings is 2. The van der Waals surface area contributed by atoms with Gasteiger partial charge in [0.25, 0.3) is 0 Å². The first kappa shape index (κ1) is 20.8. The van der Waals surface area contributed by atoms with Crippen molar-refractivity contribution in [2.24, 2.45) is 0 Å². The van der Waals surface area contributed by atoms with E-state index in [0.717, 1.165) is 24.3 Å². The predicted molar refractivity (Wildman–Crippen MR) is 74.0 cm³/mol. The van der Waals surface area contributed by atoms with Crippen LogP contribution in [0.4, 0.5) is 0 Å². The van der Waals surface area contributed by atoms with Gasteiger partial charge in [0, 0.05) is 0 Å². The van der Waals surface area contributed by atoms with Gasteiger partial charge in [-0.3, -0.25) is 0 Å². The van der Waals surface area contributed by atoms with Crippen molar-refractivity contribution in [3.05, 3.63) is 47.5 Å². The zero-order chi connectivity index (χ0) is 16.9. The Balaban J connectivity index is 0.000000403. The summed E-state index contributed by atoms with van der Waals surface area (Å²) in [5.74, 6) is -5.17. The van der Waals surface area contributed by atoms with E-state index in [9.17, 15) is 19.8 Å². The van der Waals surface area contributed by atoms with Gasteiger partial charge in [0.05, 0.1) is 23.1 Å². The van der Waals surface area contributed by atoms with Crippen LogP contribution in [0.25, 0.3) is 0 Å². The van der Waals surface area contributed by atoms with Crippen molar-refractivity contribution in [2.75, 3.05) is 0 Å². The molecule has 2 aromatic rings. The number of hydrogen-bond acceptors (Lipinski definition) is 8. The Morgan fingerprint density at radius 2 is 0.870 bits per heavy atom. The zero-order valence-corrected chi connectivity index (χ0v) is 13.8. The second-order valence-electron chi connectivity index (χ2n) is 3.92. The van der Waals surface area contributed by atoms with Gasteiger partial charge in [0.1, 0.15) is 23.0 Å². The SMILES string of the molecule is O=C([O-])c1c(O)cccc1O.O=C([O-])c1c(O)cccc1O.[Ca+2]. The summed E-state index contributed by atoms with van der Waals surface area (Å²) < 4.78 is 0. The topological polar surface area (TPSA) is 161 Å². The fourth-order valence-electron chi connectivity index (χ4n) is 1.47. The number of carbonyl (C=O) groups is 2. The molecule has 0 spiro atoms. The van der Waals surface area contributed by atoms with Crippen molar-refractivity contribution in [3.63, 3.8) is 0 Å². The van der Waals surface area contributed by atoms with E-state index in [-0.39, 0.29) is 37.7 Å². The molecule has 0 heterocycles. The Morgan fingerprint density at radius 1 is 0.652 bits per heavy atom. The van der Waals surface area contributed by atoms with Crippen molar-refractivity contribution in [2.45, 2.75) is 0 Å².